The van der Waals surface area contributed by atoms with Crippen molar-refractivity contribution in [3.63, 3.8) is 0 Å². The van der Waals surface area contributed by atoms with Gasteiger partial charge in [0.15, 0.2) is 17.6 Å². The molecule has 1 N–H and O–H groups in total. The summed E-state index contributed by atoms with van der Waals surface area (Å²) >= 11 is 0. The zero-order chi connectivity index (χ0) is 21.2. The lowest BCUT2D eigenvalue weighted by molar-refractivity contribution is -0.129. The van der Waals surface area contributed by atoms with Gasteiger partial charge in [-0.05, 0) is 56.2 Å². The van der Waals surface area contributed by atoms with Crippen LogP contribution in [0.1, 0.15) is 29.8 Å². The molecule has 0 spiro atoms. The molecule has 2 aromatic rings. The van der Waals surface area contributed by atoms with Crippen LogP contribution in [0.25, 0.3) is 0 Å². The molecule has 0 aliphatic carbocycles. The van der Waals surface area contributed by atoms with Gasteiger partial charge in [0.25, 0.3) is 5.91 Å². The van der Waals surface area contributed by atoms with E-state index in [-0.39, 0.29) is 11.5 Å². The molecule has 0 unspecified atom stereocenters. The fourth-order valence-corrected chi connectivity index (χ4v) is 2.62. The molecule has 156 valence electrons. The molecule has 0 aliphatic heterocycles. The Labute approximate surface area is 170 Å². The van der Waals surface area contributed by atoms with Crippen LogP contribution >= 0.6 is 0 Å². The molecule has 0 bridgehead atoms. The number of hydrogen-bond acceptors (Lipinski definition) is 6. The molecule has 0 saturated heterocycles. The molecule has 0 aliphatic rings. The molecular weight excluding hydrogens is 374 g/mol. The molecule has 0 fully saturated rings. The van der Waals surface area contributed by atoms with Crippen LogP contribution in [0.15, 0.2) is 42.5 Å². The standard InChI is InChI=1S/C22H27NO6/c1-5-28-20-14-17(8-11-19(20)27-4)22(25)29-15(2)21(24)23-13-12-16-6-9-18(26-3)10-7-16/h6-11,14-15H,5,12-13H2,1-4H3,(H,23,24)/t15-/m0/s1. The van der Waals surface area contributed by atoms with E-state index < -0.39 is 12.1 Å². The fraction of sp³-hybridized carbons (Fsp3) is 0.364. The zero-order valence-electron chi connectivity index (χ0n) is 17.2. The minimum Gasteiger partial charge on any atom is -0.497 e. The van der Waals surface area contributed by atoms with Crippen LogP contribution in [0.5, 0.6) is 17.2 Å². The lowest BCUT2D eigenvalue weighted by Gasteiger charge is -2.15. The van der Waals surface area contributed by atoms with Crippen LogP contribution in [-0.2, 0) is 16.0 Å². The van der Waals surface area contributed by atoms with Crippen LogP contribution in [0, 0.1) is 0 Å². The Kier molecular flexibility index (Phi) is 8.33. The van der Waals surface area contributed by atoms with Crippen molar-refractivity contribution in [2.75, 3.05) is 27.4 Å². The first kappa shape index (κ1) is 22.1. The summed E-state index contributed by atoms with van der Waals surface area (Å²) in [5.74, 6) is 0.787. The monoisotopic (exact) mass is 401 g/mol. The van der Waals surface area contributed by atoms with Gasteiger partial charge in [-0.2, -0.15) is 0 Å². The Morgan fingerprint density at radius 3 is 2.34 bits per heavy atom. The SMILES string of the molecule is CCOc1cc(C(=O)O[C@@H](C)C(=O)NCCc2ccc(OC)cc2)ccc1OC. The van der Waals surface area contributed by atoms with Crippen molar-refractivity contribution in [2.24, 2.45) is 0 Å². The highest BCUT2D eigenvalue weighted by atomic mass is 16.5. The van der Waals surface area contributed by atoms with Gasteiger partial charge in [0.05, 0.1) is 26.4 Å². The second-order valence-corrected chi connectivity index (χ2v) is 6.24. The first-order valence-corrected chi connectivity index (χ1v) is 9.41. The summed E-state index contributed by atoms with van der Waals surface area (Å²) in [7, 11) is 3.13. The van der Waals surface area contributed by atoms with Crippen molar-refractivity contribution in [3.05, 3.63) is 53.6 Å². The van der Waals surface area contributed by atoms with Gasteiger partial charge in [0, 0.05) is 6.54 Å². The van der Waals surface area contributed by atoms with Gasteiger partial charge in [-0.1, -0.05) is 12.1 Å². The number of benzene rings is 2. The van der Waals surface area contributed by atoms with Crippen molar-refractivity contribution >= 4 is 11.9 Å². The number of ether oxygens (including phenoxy) is 4. The average molecular weight is 401 g/mol. The summed E-state index contributed by atoms with van der Waals surface area (Å²) in [6.07, 6.45) is -0.261. The smallest absolute Gasteiger partial charge is 0.339 e. The van der Waals surface area contributed by atoms with Crippen LogP contribution < -0.4 is 19.5 Å². The third kappa shape index (κ3) is 6.41. The number of nitrogens with one attached hydrogen (secondary N) is 1. The maximum absolute atomic E-state index is 12.4. The molecule has 2 aromatic carbocycles. The van der Waals surface area contributed by atoms with E-state index in [1.165, 1.54) is 14.0 Å². The van der Waals surface area contributed by atoms with E-state index in [1.54, 1.807) is 25.3 Å². The minimum atomic E-state index is -0.920. The van der Waals surface area contributed by atoms with Gasteiger partial charge in [-0.25, -0.2) is 4.79 Å². The van der Waals surface area contributed by atoms with E-state index in [0.29, 0.717) is 31.1 Å². The molecule has 0 saturated carbocycles. The number of amides is 1. The van der Waals surface area contributed by atoms with Crippen LogP contribution in [0.3, 0.4) is 0 Å². The summed E-state index contributed by atoms with van der Waals surface area (Å²) in [5, 5.41) is 2.77. The average Bonchev–Trinajstić information content (AvgIpc) is 2.74. The number of methoxy groups -OCH3 is 2. The maximum atomic E-state index is 12.4. The number of carbonyl (C=O) groups excluding carboxylic acids is 2. The molecule has 7 nitrogen and oxygen atoms in total. The fourth-order valence-electron chi connectivity index (χ4n) is 2.62. The number of hydrogen-bond donors (Lipinski definition) is 1. The van der Waals surface area contributed by atoms with Gasteiger partial charge < -0.3 is 24.3 Å². The van der Waals surface area contributed by atoms with E-state index in [9.17, 15) is 9.59 Å². The second-order valence-electron chi connectivity index (χ2n) is 6.24. The first-order chi connectivity index (χ1) is 14.0. The summed E-state index contributed by atoms with van der Waals surface area (Å²) in [5.41, 5.74) is 1.35. The van der Waals surface area contributed by atoms with Crippen LogP contribution in [-0.4, -0.2) is 45.4 Å². The molecule has 0 radical (unpaired) electrons. The second kappa shape index (κ2) is 10.9. The lowest BCUT2D eigenvalue weighted by atomic mass is 10.1. The highest BCUT2D eigenvalue weighted by molar-refractivity contribution is 5.92. The maximum Gasteiger partial charge on any atom is 0.339 e. The molecule has 1 atom stereocenters. The summed E-state index contributed by atoms with van der Waals surface area (Å²) in [6.45, 7) is 4.24. The normalized spacial score (nSPS) is 11.3. The van der Waals surface area contributed by atoms with Gasteiger partial charge in [-0.3, -0.25) is 4.79 Å². The van der Waals surface area contributed by atoms with Crippen molar-refractivity contribution in [3.8, 4) is 17.2 Å². The molecule has 7 heteroatoms. The predicted octanol–water partition coefficient (Wildman–Crippen LogP) is 3.01. The van der Waals surface area contributed by atoms with Crippen molar-refractivity contribution in [1.29, 1.82) is 0 Å². The van der Waals surface area contributed by atoms with Gasteiger partial charge in [-0.15, -0.1) is 0 Å². The number of rotatable bonds is 10. The van der Waals surface area contributed by atoms with E-state index in [0.717, 1.165) is 11.3 Å². The van der Waals surface area contributed by atoms with E-state index in [1.807, 2.05) is 31.2 Å². The van der Waals surface area contributed by atoms with Crippen LogP contribution in [0.2, 0.25) is 0 Å². The molecule has 0 aromatic heterocycles. The first-order valence-electron chi connectivity index (χ1n) is 9.41. The lowest BCUT2D eigenvalue weighted by Crippen LogP contribution is -2.36. The van der Waals surface area contributed by atoms with Gasteiger partial charge in [0.2, 0.25) is 0 Å². The Balaban J connectivity index is 1.86. The van der Waals surface area contributed by atoms with Crippen molar-refractivity contribution in [1.82, 2.24) is 5.32 Å². The summed E-state index contributed by atoms with van der Waals surface area (Å²) in [4.78, 5) is 24.6. The quantitative estimate of drug-likeness (QED) is 0.616. The van der Waals surface area contributed by atoms with Gasteiger partial charge >= 0.3 is 5.97 Å². The van der Waals surface area contributed by atoms with Crippen LogP contribution in [0.4, 0.5) is 0 Å². The van der Waals surface area contributed by atoms with Crippen molar-refractivity contribution in [2.45, 2.75) is 26.4 Å². The summed E-state index contributed by atoms with van der Waals surface area (Å²) in [6, 6.07) is 12.3. The van der Waals surface area contributed by atoms with Crippen molar-refractivity contribution < 1.29 is 28.5 Å². The van der Waals surface area contributed by atoms with E-state index in [2.05, 4.69) is 5.32 Å². The number of carbonyl (C=O) groups is 2. The molecule has 29 heavy (non-hydrogen) atoms. The molecule has 1 amide bonds. The third-order valence-electron chi connectivity index (χ3n) is 4.22. The topological polar surface area (TPSA) is 83.1 Å². The third-order valence-corrected chi connectivity index (χ3v) is 4.22. The molecule has 0 heterocycles. The molecular formula is C22H27NO6. The minimum absolute atomic E-state index is 0.284. The highest BCUT2D eigenvalue weighted by Gasteiger charge is 2.20. The van der Waals surface area contributed by atoms with E-state index in [4.69, 9.17) is 18.9 Å². The Bertz CT molecular complexity index is 819. The molecule has 2 rings (SSSR count). The highest BCUT2D eigenvalue weighted by Crippen LogP contribution is 2.28. The Morgan fingerprint density at radius 2 is 1.72 bits per heavy atom. The van der Waals surface area contributed by atoms with Gasteiger partial charge in [0.1, 0.15) is 5.75 Å². The Hall–Kier alpha value is -3.22. The predicted molar refractivity (Wildman–Crippen MR) is 109 cm³/mol. The number of esters is 1. The Morgan fingerprint density at radius 1 is 1.00 bits per heavy atom. The summed E-state index contributed by atoms with van der Waals surface area (Å²) < 4.78 is 21.0. The zero-order valence-corrected chi connectivity index (χ0v) is 17.2. The van der Waals surface area contributed by atoms with E-state index >= 15 is 0 Å². The largest absolute Gasteiger partial charge is 0.497 e.